The zero-order chi connectivity index (χ0) is 13.8. The number of hydrogen-bond donors (Lipinski definition) is 1. The Kier molecular flexibility index (Phi) is 3.84. The van der Waals surface area contributed by atoms with Crippen molar-refractivity contribution in [3.8, 4) is 6.07 Å². The first-order chi connectivity index (χ1) is 9.15. The average molecular weight is 252 g/mol. The van der Waals surface area contributed by atoms with Gasteiger partial charge in [0.25, 0.3) is 0 Å². The van der Waals surface area contributed by atoms with Crippen LogP contribution < -0.4 is 4.90 Å². The third kappa shape index (κ3) is 2.75. The van der Waals surface area contributed by atoms with Gasteiger partial charge in [0.2, 0.25) is 0 Å². The van der Waals surface area contributed by atoms with Gasteiger partial charge in [-0.3, -0.25) is 0 Å². The van der Waals surface area contributed by atoms with Gasteiger partial charge in [0.15, 0.2) is 0 Å². The fourth-order valence-electron chi connectivity index (χ4n) is 2.09. The van der Waals surface area contributed by atoms with Crippen molar-refractivity contribution in [3.63, 3.8) is 0 Å². The van der Waals surface area contributed by atoms with Gasteiger partial charge in [-0.15, -0.1) is 0 Å². The fourth-order valence-corrected chi connectivity index (χ4v) is 2.09. The van der Waals surface area contributed by atoms with Crippen molar-refractivity contribution in [2.24, 2.45) is 0 Å². The van der Waals surface area contributed by atoms with Gasteiger partial charge >= 0.3 is 0 Å². The highest BCUT2D eigenvalue weighted by Gasteiger charge is 2.09. The van der Waals surface area contributed by atoms with E-state index in [1.54, 1.807) is 6.07 Å². The molecule has 96 valence electrons. The predicted molar refractivity (Wildman–Crippen MR) is 76.3 cm³/mol. The van der Waals surface area contributed by atoms with Crippen LogP contribution in [0.5, 0.6) is 0 Å². The monoisotopic (exact) mass is 252 g/mol. The van der Waals surface area contributed by atoms with E-state index in [9.17, 15) is 5.11 Å². The Morgan fingerprint density at radius 2 is 2.00 bits per heavy atom. The van der Waals surface area contributed by atoms with E-state index >= 15 is 0 Å². The number of anilines is 2. The maximum Gasteiger partial charge on any atom is 0.0992 e. The molecule has 0 heterocycles. The molecular weight excluding hydrogens is 236 g/mol. The van der Waals surface area contributed by atoms with Crippen LogP contribution in [0.2, 0.25) is 0 Å². The first-order valence-corrected chi connectivity index (χ1v) is 6.10. The van der Waals surface area contributed by atoms with E-state index < -0.39 is 0 Å². The van der Waals surface area contributed by atoms with E-state index in [2.05, 4.69) is 6.07 Å². The van der Waals surface area contributed by atoms with E-state index in [-0.39, 0.29) is 6.61 Å². The molecule has 0 bridgehead atoms. The largest absolute Gasteiger partial charge is 0.392 e. The Labute approximate surface area is 113 Å². The van der Waals surface area contributed by atoms with Crippen LogP contribution in [0.25, 0.3) is 0 Å². The number of nitrogens with zero attached hydrogens (tertiary/aromatic N) is 2. The molecule has 2 aromatic rings. The molecule has 0 saturated heterocycles. The van der Waals surface area contributed by atoms with Crippen molar-refractivity contribution in [2.75, 3.05) is 11.9 Å². The van der Waals surface area contributed by atoms with Crippen LogP contribution in [-0.4, -0.2) is 12.2 Å². The lowest BCUT2D eigenvalue weighted by Crippen LogP contribution is -2.12. The molecule has 0 atom stereocenters. The Bertz CT molecular complexity index is 629. The lowest BCUT2D eigenvalue weighted by molar-refractivity contribution is 0.282. The maximum atomic E-state index is 9.46. The van der Waals surface area contributed by atoms with Gasteiger partial charge in [-0.2, -0.15) is 5.26 Å². The summed E-state index contributed by atoms with van der Waals surface area (Å²) in [4.78, 5) is 1.98. The van der Waals surface area contributed by atoms with Gasteiger partial charge in [0.05, 0.1) is 18.2 Å². The van der Waals surface area contributed by atoms with E-state index in [0.29, 0.717) is 5.56 Å². The number of aliphatic hydroxyl groups is 1. The van der Waals surface area contributed by atoms with E-state index in [4.69, 9.17) is 5.26 Å². The number of nitriles is 1. The molecule has 19 heavy (non-hydrogen) atoms. The molecule has 1 N–H and O–H groups in total. The summed E-state index contributed by atoms with van der Waals surface area (Å²) in [6.07, 6.45) is 0. The highest BCUT2D eigenvalue weighted by Crippen LogP contribution is 2.28. The third-order valence-corrected chi connectivity index (χ3v) is 3.13. The van der Waals surface area contributed by atoms with Crippen LogP contribution in [0.4, 0.5) is 11.4 Å². The summed E-state index contributed by atoms with van der Waals surface area (Å²) in [5.74, 6) is 0. The van der Waals surface area contributed by atoms with Crippen LogP contribution in [0, 0.1) is 18.3 Å². The second kappa shape index (κ2) is 5.55. The van der Waals surface area contributed by atoms with E-state index in [1.807, 2.05) is 55.3 Å². The fraction of sp³-hybridized carbons (Fsp3) is 0.188. The number of hydrogen-bond acceptors (Lipinski definition) is 3. The Balaban J connectivity index is 2.43. The lowest BCUT2D eigenvalue weighted by atomic mass is 10.1. The Morgan fingerprint density at radius 3 is 2.68 bits per heavy atom. The van der Waals surface area contributed by atoms with Crippen LogP contribution in [-0.2, 0) is 6.61 Å². The number of benzene rings is 2. The average Bonchev–Trinajstić information content (AvgIpc) is 2.46. The standard InChI is InChI=1S/C16H16N2O/c1-12-6-7-16(14(8-12)11-19)18(2)15-5-3-4-13(9-15)10-17/h3-9,19H,11H2,1-2H3. The van der Waals surface area contributed by atoms with E-state index in [0.717, 1.165) is 22.5 Å². The molecule has 0 aliphatic carbocycles. The lowest BCUT2D eigenvalue weighted by Gasteiger charge is -2.22. The summed E-state index contributed by atoms with van der Waals surface area (Å²) < 4.78 is 0. The molecule has 2 aromatic carbocycles. The minimum Gasteiger partial charge on any atom is -0.392 e. The van der Waals surface area contributed by atoms with Gasteiger partial charge in [-0.1, -0.05) is 23.8 Å². The number of aliphatic hydroxyl groups excluding tert-OH is 1. The zero-order valence-electron chi connectivity index (χ0n) is 11.1. The summed E-state index contributed by atoms with van der Waals surface area (Å²) in [5.41, 5.74) is 4.50. The normalized spacial score (nSPS) is 10.0. The van der Waals surface area contributed by atoms with Crippen molar-refractivity contribution in [1.29, 1.82) is 5.26 Å². The minimum atomic E-state index is -0.000700. The van der Waals surface area contributed by atoms with Crippen LogP contribution in [0.1, 0.15) is 16.7 Å². The summed E-state index contributed by atoms with van der Waals surface area (Å²) in [7, 11) is 1.93. The van der Waals surface area contributed by atoms with Crippen molar-refractivity contribution in [3.05, 3.63) is 59.2 Å². The minimum absolute atomic E-state index is 0.000700. The van der Waals surface area contributed by atoms with Gasteiger partial charge in [-0.05, 0) is 31.2 Å². The Morgan fingerprint density at radius 1 is 1.21 bits per heavy atom. The summed E-state index contributed by atoms with van der Waals surface area (Å²) in [5, 5.41) is 18.4. The molecule has 3 nitrogen and oxygen atoms in total. The van der Waals surface area contributed by atoms with E-state index in [1.165, 1.54) is 0 Å². The van der Waals surface area contributed by atoms with Crippen LogP contribution in [0.15, 0.2) is 42.5 Å². The summed E-state index contributed by atoms with van der Waals surface area (Å²) in [6, 6.07) is 15.5. The molecule has 0 amide bonds. The highest BCUT2D eigenvalue weighted by atomic mass is 16.3. The van der Waals surface area contributed by atoms with Crippen LogP contribution >= 0.6 is 0 Å². The van der Waals surface area contributed by atoms with Gasteiger partial charge in [-0.25, -0.2) is 0 Å². The third-order valence-electron chi connectivity index (χ3n) is 3.13. The van der Waals surface area contributed by atoms with Gasteiger partial charge < -0.3 is 10.0 Å². The predicted octanol–water partition coefficient (Wildman–Crippen LogP) is 3.13. The molecule has 0 radical (unpaired) electrons. The SMILES string of the molecule is Cc1ccc(N(C)c2cccc(C#N)c2)c(CO)c1. The van der Waals surface area contributed by atoms with Gasteiger partial charge in [0, 0.05) is 24.0 Å². The topological polar surface area (TPSA) is 47.3 Å². The second-order valence-corrected chi connectivity index (χ2v) is 4.51. The van der Waals surface area contributed by atoms with Crippen molar-refractivity contribution in [1.82, 2.24) is 0 Å². The number of aryl methyl sites for hydroxylation is 1. The molecule has 0 aromatic heterocycles. The maximum absolute atomic E-state index is 9.46. The zero-order valence-corrected chi connectivity index (χ0v) is 11.1. The quantitative estimate of drug-likeness (QED) is 0.913. The molecule has 0 spiro atoms. The van der Waals surface area contributed by atoms with Crippen molar-refractivity contribution >= 4 is 11.4 Å². The molecule has 0 aliphatic heterocycles. The first-order valence-electron chi connectivity index (χ1n) is 6.10. The smallest absolute Gasteiger partial charge is 0.0992 e. The molecular formula is C16H16N2O. The molecule has 0 unspecified atom stereocenters. The molecule has 2 rings (SSSR count). The molecule has 3 heteroatoms. The summed E-state index contributed by atoms with van der Waals surface area (Å²) in [6.45, 7) is 2.00. The second-order valence-electron chi connectivity index (χ2n) is 4.51. The molecule has 0 fully saturated rings. The van der Waals surface area contributed by atoms with Crippen molar-refractivity contribution < 1.29 is 5.11 Å². The Hall–Kier alpha value is -2.31. The number of rotatable bonds is 3. The first kappa shape index (κ1) is 13.1. The van der Waals surface area contributed by atoms with Crippen LogP contribution in [0.3, 0.4) is 0 Å². The summed E-state index contributed by atoms with van der Waals surface area (Å²) >= 11 is 0. The van der Waals surface area contributed by atoms with Crippen molar-refractivity contribution in [2.45, 2.75) is 13.5 Å². The molecule has 0 saturated carbocycles. The van der Waals surface area contributed by atoms with Gasteiger partial charge in [0.1, 0.15) is 0 Å². The molecule has 0 aliphatic rings. The highest BCUT2D eigenvalue weighted by molar-refractivity contribution is 5.67.